The fourth-order valence-electron chi connectivity index (χ4n) is 2.26. The molecule has 1 atom stereocenters. The molecule has 2 aromatic carbocycles. The van der Waals surface area contributed by atoms with Crippen molar-refractivity contribution in [2.45, 2.75) is 39.5 Å². The first kappa shape index (κ1) is 18.0. The molecule has 0 bridgehead atoms. The molecule has 1 unspecified atom stereocenters. The quantitative estimate of drug-likeness (QED) is 0.724. The van der Waals surface area contributed by atoms with E-state index < -0.39 is 0 Å². The topological polar surface area (TPSA) is 41.5 Å². The second-order valence-electron chi connectivity index (χ2n) is 5.69. The van der Waals surface area contributed by atoms with Gasteiger partial charge in [-0.05, 0) is 37.1 Å². The molecule has 0 amide bonds. The molecule has 0 heterocycles. The van der Waals surface area contributed by atoms with E-state index in [9.17, 15) is 5.11 Å². The molecule has 124 valence electrons. The van der Waals surface area contributed by atoms with Gasteiger partial charge in [-0.3, -0.25) is 0 Å². The highest BCUT2D eigenvalue weighted by molar-refractivity contribution is 9.10. The third-order valence-corrected chi connectivity index (χ3v) is 4.33. The lowest BCUT2D eigenvalue weighted by atomic mass is 10.1. The van der Waals surface area contributed by atoms with Gasteiger partial charge in [-0.25, -0.2) is 0 Å². The molecule has 0 fully saturated rings. The van der Waals surface area contributed by atoms with Gasteiger partial charge in [-0.15, -0.1) is 0 Å². The summed E-state index contributed by atoms with van der Waals surface area (Å²) in [6.45, 7) is 5.50. The summed E-state index contributed by atoms with van der Waals surface area (Å²) < 4.78 is 7.02. The monoisotopic (exact) mass is 377 g/mol. The van der Waals surface area contributed by atoms with Crippen molar-refractivity contribution >= 4 is 15.9 Å². The average Bonchev–Trinajstić information content (AvgIpc) is 2.56. The van der Waals surface area contributed by atoms with Crippen LogP contribution >= 0.6 is 15.9 Å². The summed E-state index contributed by atoms with van der Waals surface area (Å²) in [5.41, 5.74) is 3.48. The fraction of sp³-hybridized carbons (Fsp3) is 0.368. The van der Waals surface area contributed by atoms with Crippen LogP contribution in [0.4, 0.5) is 0 Å². The molecular formula is C19H24BrNO2. The second-order valence-corrected chi connectivity index (χ2v) is 6.61. The minimum Gasteiger partial charge on any atom is -0.489 e. The highest BCUT2D eigenvalue weighted by Gasteiger charge is 2.09. The van der Waals surface area contributed by atoms with Crippen molar-refractivity contribution in [3.05, 3.63) is 63.6 Å². The molecule has 0 spiro atoms. The minimum absolute atomic E-state index is 0.110. The Kier molecular flexibility index (Phi) is 7.09. The van der Waals surface area contributed by atoms with Gasteiger partial charge >= 0.3 is 0 Å². The molecule has 0 saturated heterocycles. The fourth-order valence-corrected chi connectivity index (χ4v) is 2.67. The van der Waals surface area contributed by atoms with Gasteiger partial charge in [-0.1, -0.05) is 52.7 Å². The Morgan fingerprint density at radius 2 is 1.91 bits per heavy atom. The lowest BCUT2D eigenvalue weighted by Crippen LogP contribution is -2.31. The smallest absolute Gasteiger partial charge is 0.124 e. The zero-order chi connectivity index (χ0) is 16.7. The SMILES string of the molecule is CCC(CO)NCc1cc(Br)ccc1OCc1ccc(C)cc1. The van der Waals surface area contributed by atoms with E-state index in [0.717, 1.165) is 27.8 Å². The molecule has 23 heavy (non-hydrogen) atoms. The largest absolute Gasteiger partial charge is 0.489 e. The molecule has 2 rings (SSSR count). The van der Waals surface area contributed by atoms with Crippen molar-refractivity contribution in [1.29, 1.82) is 0 Å². The van der Waals surface area contributed by atoms with Crippen LogP contribution in [0.1, 0.15) is 30.0 Å². The summed E-state index contributed by atoms with van der Waals surface area (Å²) in [5.74, 6) is 0.870. The number of halogens is 1. The molecule has 0 saturated carbocycles. The minimum atomic E-state index is 0.110. The third-order valence-electron chi connectivity index (χ3n) is 3.83. The lowest BCUT2D eigenvalue weighted by molar-refractivity contribution is 0.237. The predicted octanol–water partition coefficient (Wildman–Crippen LogP) is 4.20. The number of rotatable bonds is 8. The van der Waals surface area contributed by atoms with Gasteiger partial charge in [0.15, 0.2) is 0 Å². The Morgan fingerprint density at radius 1 is 1.17 bits per heavy atom. The number of hydrogen-bond acceptors (Lipinski definition) is 3. The Bertz CT molecular complexity index is 609. The highest BCUT2D eigenvalue weighted by atomic mass is 79.9. The van der Waals surface area contributed by atoms with Crippen molar-refractivity contribution in [1.82, 2.24) is 5.32 Å². The number of benzene rings is 2. The number of aliphatic hydroxyl groups is 1. The molecule has 0 radical (unpaired) electrons. The van der Waals surface area contributed by atoms with E-state index in [1.807, 2.05) is 12.1 Å². The number of hydrogen-bond donors (Lipinski definition) is 2. The van der Waals surface area contributed by atoms with Crippen LogP contribution in [0.2, 0.25) is 0 Å². The standard InChI is InChI=1S/C19H24BrNO2/c1-3-18(12-22)21-11-16-10-17(20)8-9-19(16)23-13-15-6-4-14(2)5-7-15/h4-10,18,21-22H,3,11-13H2,1-2H3. The van der Waals surface area contributed by atoms with Gasteiger partial charge in [0.2, 0.25) is 0 Å². The maximum Gasteiger partial charge on any atom is 0.124 e. The molecule has 2 N–H and O–H groups in total. The van der Waals surface area contributed by atoms with Crippen molar-refractivity contribution in [2.24, 2.45) is 0 Å². The molecule has 0 aromatic heterocycles. The van der Waals surface area contributed by atoms with E-state index in [4.69, 9.17) is 4.74 Å². The van der Waals surface area contributed by atoms with Gasteiger partial charge < -0.3 is 15.2 Å². The van der Waals surface area contributed by atoms with Crippen molar-refractivity contribution < 1.29 is 9.84 Å². The number of ether oxygens (including phenoxy) is 1. The van der Waals surface area contributed by atoms with E-state index in [1.165, 1.54) is 5.56 Å². The number of nitrogens with one attached hydrogen (secondary N) is 1. The maximum atomic E-state index is 9.30. The molecule has 4 heteroatoms. The Hall–Kier alpha value is -1.36. The van der Waals surface area contributed by atoms with Crippen molar-refractivity contribution in [3.63, 3.8) is 0 Å². The third kappa shape index (κ3) is 5.65. The second kappa shape index (κ2) is 9.06. The first-order chi connectivity index (χ1) is 11.1. The van der Waals surface area contributed by atoms with Gasteiger partial charge in [0.1, 0.15) is 12.4 Å². The van der Waals surface area contributed by atoms with Crippen LogP contribution in [0.25, 0.3) is 0 Å². The van der Waals surface area contributed by atoms with Crippen LogP contribution in [0.5, 0.6) is 5.75 Å². The normalized spacial score (nSPS) is 12.2. The first-order valence-electron chi connectivity index (χ1n) is 7.93. The molecule has 0 aliphatic carbocycles. The van der Waals surface area contributed by atoms with Gasteiger partial charge in [-0.2, -0.15) is 0 Å². The van der Waals surface area contributed by atoms with Crippen LogP contribution in [-0.4, -0.2) is 17.8 Å². The predicted molar refractivity (Wildman–Crippen MR) is 97.7 cm³/mol. The van der Waals surface area contributed by atoms with Crippen LogP contribution in [0.15, 0.2) is 46.9 Å². The maximum absolute atomic E-state index is 9.30. The molecule has 2 aromatic rings. The molecule has 3 nitrogen and oxygen atoms in total. The van der Waals surface area contributed by atoms with E-state index >= 15 is 0 Å². The van der Waals surface area contributed by atoms with E-state index in [1.54, 1.807) is 0 Å². The van der Waals surface area contributed by atoms with E-state index in [-0.39, 0.29) is 12.6 Å². The van der Waals surface area contributed by atoms with Gasteiger partial charge in [0.25, 0.3) is 0 Å². The summed E-state index contributed by atoms with van der Waals surface area (Å²) in [6, 6.07) is 14.5. The summed E-state index contributed by atoms with van der Waals surface area (Å²) in [7, 11) is 0. The highest BCUT2D eigenvalue weighted by Crippen LogP contribution is 2.24. The Morgan fingerprint density at radius 3 is 2.57 bits per heavy atom. The molecular weight excluding hydrogens is 354 g/mol. The molecule has 0 aliphatic rings. The van der Waals surface area contributed by atoms with Crippen LogP contribution in [-0.2, 0) is 13.2 Å². The first-order valence-corrected chi connectivity index (χ1v) is 8.72. The Balaban J connectivity index is 2.04. The van der Waals surface area contributed by atoms with Gasteiger partial charge in [0, 0.05) is 22.6 Å². The number of aryl methyl sites for hydroxylation is 1. The summed E-state index contributed by atoms with van der Waals surface area (Å²) in [4.78, 5) is 0. The van der Waals surface area contributed by atoms with E-state index in [2.05, 4.69) is 65.4 Å². The summed E-state index contributed by atoms with van der Waals surface area (Å²) in [6.07, 6.45) is 0.893. The Labute approximate surface area is 146 Å². The average molecular weight is 378 g/mol. The summed E-state index contributed by atoms with van der Waals surface area (Å²) in [5, 5.41) is 12.7. The van der Waals surface area contributed by atoms with Crippen LogP contribution in [0, 0.1) is 6.92 Å². The van der Waals surface area contributed by atoms with E-state index in [0.29, 0.717) is 13.2 Å². The zero-order valence-electron chi connectivity index (χ0n) is 13.7. The summed E-state index contributed by atoms with van der Waals surface area (Å²) >= 11 is 3.51. The molecule has 0 aliphatic heterocycles. The van der Waals surface area contributed by atoms with Crippen molar-refractivity contribution in [3.8, 4) is 5.75 Å². The van der Waals surface area contributed by atoms with Gasteiger partial charge in [0.05, 0.1) is 6.61 Å². The lowest BCUT2D eigenvalue weighted by Gasteiger charge is -2.17. The van der Waals surface area contributed by atoms with Crippen LogP contribution in [0.3, 0.4) is 0 Å². The van der Waals surface area contributed by atoms with Crippen LogP contribution < -0.4 is 10.1 Å². The van der Waals surface area contributed by atoms with Crippen molar-refractivity contribution in [2.75, 3.05) is 6.61 Å². The zero-order valence-corrected chi connectivity index (χ0v) is 15.3. The number of aliphatic hydroxyl groups excluding tert-OH is 1.